The first kappa shape index (κ1) is 18.4. The molecule has 6 nitrogen and oxygen atoms in total. The number of likely N-dealkylation sites (tertiary alicyclic amines) is 1. The first-order valence-electron chi connectivity index (χ1n) is 8.29. The molecular weight excluding hydrogens is 313 g/mol. The molecule has 0 bridgehead atoms. The van der Waals surface area contributed by atoms with Crippen molar-refractivity contribution in [2.24, 2.45) is 0 Å². The predicted octanol–water partition coefficient (Wildman–Crippen LogP) is 2.80. The first-order valence-corrected chi connectivity index (χ1v) is 8.29. The van der Waals surface area contributed by atoms with Crippen LogP contribution in [0.1, 0.15) is 39.7 Å². The van der Waals surface area contributed by atoms with Crippen molar-refractivity contribution in [1.82, 2.24) is 9.47 Å². The molecule has 2 heterocycles. The number of piperidine rings is 1. The molecule has 0 aliphatic carbocycles. The van der Waals surface area contributed by atoms with E-state index in [4.69, 9.17) is 4.74 Å². The van der Waals surface area contributed by atoms with E-state index in [1.54, 1.807) is 43.7 Å². The number of nitrogens with one attached hydrogen (secondary N) is 1. The van der Waals surface area contributed by atoms with Crippen molar-refractivity contribution in [3.05, 3.63) is 28.7 Å². The molecule has 2 rings (SSSR count). The smallest absolute Gasteiger partial charge is 0.412 e. The molecule has 0 radical (unpaired) electrons. The van der Waals surface area contributed by atoms with E-state index in [2.05, 4.69) is 5.32 Å². The van der Waals surface area contributed by atoms with Crippen LogP contribution in [0.15, 0.2) is 23.1 Å². The number of rotatable bonds is 4. The van der Waals surface area contributed by atoms with Crippen molar-refractivity contribution < 1.29 is 13.9 Å². The second kappa shape index (κ2) is 7.79. The number of ether oxygens (including phenoxy) is 1. The van der Waals surface area contributed by atoms with Crippen molar-refractivity contribution in [3.8, 4) is 0 Å². The highest BCUT2D eigenvalue weighted by Gasteiger charge is 2.23. The number of aromatic nitrogens is 1. The first-order chi connectivity index (χ1) is 11.3. The van der Waals surface area contributed by atoms with Gasteiger partial charge in [0.05, 0.1) is 0 Å². The van der Waals surface area contributed by atoms with Gasteiger partial charge in [0.2, 0.25) is 0 Å². The van der Waals surface area contributed by atoms with E-state index in [9.17, 15) is 14.0 Å². The number of amides is 1. The van der Waals surface area contributed by atoms with E-state index >= 15 is 0 Å². The second-order valence-electron chi connectivity index (χ2n) is 7.05. The summed E-state index contributed by atoms with van der Waals surface area (Å²) < 4.78 is 19.4. The third kappa shape index (κ3) is 5.06. The number of hydrogen-bond acceptors (Lipinski definition) is 4. The predicted molar refractivity (Wildman–Crippen MR) is 91.2 cm³/mol. The molecule has 1 aliphatic rings. The van der Waals surface area contributed by atoms with E-state index in [0.717, 1.165) is 19.4 Å². The lowest BCUT2D eigenvalue weighted by atomic mass is 10.1. The van der Waals surface area contributed by atoms with E-state index in [1.165, 1.54) is 0 Å². The van der Waals surface area contributed by atoms with Crippen molar-refractivity contribution in [2.45, 2.75) is 45.3 Å². The number of pyridine rings is 1. The molecule has 1 aromatic rings. The maximum atomic E-state index is 12.6. The summed E-state index contributed by atoms with van der Waals surface area (Å²) in [5, 5.41) is 2.51. The fourth-order valence-electron chi connectivity index (χ4n) is 2.89. The van der Waals surface area contributed by atoms with Gasteiger partial charge in [-0.25, -0.2) is 9.18 Å². The molecule has 1 aromatic heterocycles. The van der Waals surface area contributed by atoms with E-state index < -0.39 is 11.7 Å². The summed E-state index contributed by atoms with van der Waals surface area (Å²) in [5.74, 6) is 0. The Bertz CT molecular complexity index is 622. The van der Waals surface area contributed by atoms with E-state index in [-0.39, 0.29) is 24.0 Å². The summed E-state index contributed by atoms with van der Waals surface area (Å²) in [7, 11) is 0. The molecule has 1 saturated heterocycles. The van der Waals surface area contributed by atoms with E-state index in [0.29, 0.717) is 13.1 Å². The molecule has 24 heavy (non-hydrogen) atoms. The van der Waals surface area contributed by atoms with Crippen LogP contribution in [0.5, 0.6) is 0 Å². The van der Waals surface area contributed by atoms with Gasteiger partial charge in [-0.05, 0) is 52.3 Å². The Balaban J connectivity index is 2.13. The quantitative estimate of drug-likeness (QED) is 0.916. The summed E-state index contributed by atoms with van der Waals surface area (Å²) in [4.78, 5) is 26.5. The van der Waals surface area contributed by atoms with Crippen LogP contribution >= 0.6 is 0 Å². The minimum absolute atomic E-state index is 0.0156. The average Bonchev–Trinajstić information content (AvgIpc) is 2.48. The topological polar surface area (TPSA) is 63.6 Å². The highest BCUT2D eigenvalue weighted by molar-refractivity contribution is 5.84. The summed E-state index contributed by atoms with van der Waals surface area (Å²) >= 11 is 0. The van der Waals surface area contributed by atoms with Gasteiger partial charge in [0.25, 0.3) is 5.56 Å². The number of anilines is 1. The molecule has 1 fully saturated rings. The van der Waals surface area contributed by atoms with Gasteiger partial charge in [0, 0.05) is 25.3 Å². The Morgan fingerprint density at radius 3 is 2.88 bits per heavy atom. The molecule has 7 heteroatoms. The average molecular weight is 339 g/mol. The summed E-state index contributed by atoms with van der Waals surface area (Å²) in [6.07, 6.45) is 2.84. The Labute approximate surface area is 141 Å². The minimum Gasteiger partial charge on any atom is -0.444 e. The second-order valence-corrected chi connectivity index (χ2v) is 7.05. The normalized spacial score (nSPS) is 19.1. The van der Waals surface area contributed by atoms with Crippen LogP contribution in [0.2, 0.25) is 0 Å². The Morgan fingerprint density at radius 2 is 2.21 bits per heavy atom. The van der Waals surface area contributed by atoms with Gasteiger partial charge in [-0.2, -0.15) is 0 Å². The number of carbonyl (C=O) groups is 1. The highest BCUT2D eigenvalue weighted by Crippen LogP contribution is 2.20. The summed E-state index contributed by atoms with van der Waals surface area (Å²) in [6, 6.07) is 3.27. The van der Waals surface area contributed by atoms with E-state index in [1.807, 2.05) is 4.90 Å². The zero-order chi connectivity index (χ0) is 17.7. The zero-order valence-corrected chi connectivity index (χ0v) is 14.5. The summed E-state index contributed by atoms with van der Waals surface area (Å²) in [5.41, 5.74) is -0.710. The third-order valence-electron chi connectivity index (χ3n) is 3.88. The van der Waals surface area contributed by atoms with Gasteiger partial charge in [-0.3, -0.25) is 15.0 Å². The zero-order valence-electron chi connectivity index (χ0n) is 14.5. The number of hydrogen-bond donors (Lipinski definition) is 1. The number of halogens is 1. The Morgan fingerprint density at radius 1 is 1.46 bits per heavy atom. The molecule has 1 N–H and O–H groups in total. The van der Waals surface area contributed by atoms with Crippen molar-refractivity contribution >= 4 is 11.8 Å². The van der Waals surface area contributed by atoms with Gasteiger partial charge >= 0.3 is 6.09 Å². The van der Waals surface area contributed by atoms with Crippen molar-refractivity contribution in [2.75, 3.05) is 31.6 Å². The van der Waals surface area contributed by atoms with Crippen molar-refractivity contribution in [3.63, 3.8) is 0 Å². The van der Waals surface area contributed by atoms with Crippen LogP contribution in [-0.4, -0.2) is 47.5 Å². The van der Waals surface area contributed by atoms with Gasteiger partial charge in [0.1, 0.15) is 18.0 Å². The molecule has 0 saturated carbocycles. The van der Waals surface area contributed by atoms with Crippen molar-refractivity contribution in [1.29, 1.82) is 0 Å². The number of nitrogens with zero attached hydrogens (tertiary/aromatic N) is 2. The largest absolute Gasteiger partial charge is 0.444 e. The summed E-state index contributed by atoms with van der Waals surface area (Å²) in [6.45, 7) is 6.78. The third-order valence-corrected chi connectivity index (χ3v) is 3.88. The molecule has 1 unspecified atom stereocenters. The lowest BCUT2D eigenvalue weighted by molar-refractivity contribution is 0.0635. The van der Waals surface area contributed by atoms with Gasteiger partial charge in [0.15, 0.2) is 0 Å². The fraction of sp³-hybridized carbons (Fsp3) is 0.647. The molecule has 1 atom stereocenters. The number of alkyl halides is 1. The maximum absolute atomic E-state index is 12.6. The standard InChI is InChI=1S/C17H26FN3O3/c1-17(2,3)24-16(23)19-14-7-5-10-21(15(14)22)13-6-4-9-20(12-13)11-8-18/h5,7,10,13H,4,6,8-9,11-12H2,1-3H3,(H,19,23). The minimum atomic E-state index is -0.653. The molecule has 0 aromatic carbocycles. The number of carbonyl (C=O) groups excluding carboxylic acids is 1. The molecular formula is C17H26FN3O3. The lowest BCUT2D eigenvalue weighted by Crippen LogP contribution is -2.41. The molecule has 1 amide bonds. The van der Waals surface area contributed by atoms with Crippen LogP contribution < -0.4 is 10.9 Å². The van der Waals surface area contributed by atoms with Gasteiger partial charge < -0.3 is 9.30 Å². The molecule has 134 valence electrons. The monoisotopic (exact) mass is 339 g/mol. The highest BCUT2D eigenvalue weighted by atomic mass is 19.1. The molecule has 0 spiro atoms. The fourth-order valence-corrected chi connectivity index (χ4v) is 2.89. The SMILES string of the molecule is CC(C)(C)OC(=O)Nc1cccn(C2CCCN(CCF)C2)c1=O. The van der Waals surface area contributed by atoms with Crippen LogP contribution in [0, 0.1) is 0 Å². The van der Waals surface area contributed by atoms with Crippen LogP contribution in [0.25, 0.3) is 0 Å². The maximum Gasteiger partial charge on any atom is 0.412 e. The van der Waals surface area contributed by atoms with Gasteiger partial charge in [-0.15, -0.1) is 0 Å². The molecule has 1 aliphatic heterocycles. The lowest BCUT2D eigenvalue weighted by Gasteiger charge is -2.33. The van der Waals surface area contributed by atoms with Gasteiger partial charge in [-0.1, -0.05) is 0 Å². The Hall–Kier alpha value is -1.89. The van der Waals surface area contributed by atoms with Crippen LogP contribution in [-0.2, 0) is 4.74 Å². The van der Waals surface area contributed by atoms with Crippen LogP contribution in [0.3, 0.4) is 0 Å². The van der Waals surface area contributed by atoms with Crippen LogP contribution in [0.4, 0.5) is 14.9 Å². The Kier molecular flexibility index (Phi) is 5.99.